The van der Waals surface area contributed by atoms with E-state index in [1.165, 1.54) is 6.33 Å². The maximum atomic E-state index is 12.1. The molecule has 0 aromatic carbocycles. The first-order chi connectivity index (χ1) is 11.7. The lowest BCUT2D eigenvalue weighted by atomic mass is 10.3. The SMILES string of the molecule is Nc1nc(N)c2ncn(C[C@H]3COP(=O)(OCC(F)(F)F)CO3)c2n1. The third kappa shape index (κ3) is 4.18. The van der Waals surface area contributed by atoms with Gasteiger partial charge in [0, 0.05) is 0 Å². The summed E-state index contributed by atoms with van der Waals surface area (Å²) in [5.41, 5.74) is 12.0. The van der Waals surface area contributed by atoms with E-state index < -0.39 is 32.8 Å². The summed E-state index contributed by atoms with van der Waals surface area (Å²) in [6.07, 6.45) is -4.34. The molecule has 1 fully saturated rings. The lowest BCUT2D eigenvalue weighted by Crippen LogP contribution is -2.31. The van der Waals surface area contributed by atoms with Gasteiger partial charge in [-0.25, -0.2) is 4.98 Å². The number of halogens is 3. The number of rotatable bonds is 4. The Bertz CT molecular complexity index is 816. The maximum absolute atomic E-state index is 12.1. The van der Waals surface area contributed by atoms with Crippen LogP contribution in [0.2, 0.25) is 0 Å². The van der Waals surface area contributed by atoms with Crippen LogP contribution in [-0.4, -0.2) is 51.4 Å². The van der Waals surface area contributed by atoms with Gasteiger partial charge in [-0.2, -0.15) is 23.1 Å². The first kappa shape index (κ1) is 17.9. The second kappa shape index (κ2) is 6.41. The van der Waals surface area contributed by atoms with Gasteiger partial charge in [-0.15, -0.1) is 0 Å². The number of nitrogens with zero attached hydrogens (tertiary/aromatic N) is 4. The van der Waals surface area contributed by atoms with Gasteiger partial charge in [-0.1, -0.05) is 0 Å². The van der Waals surface area contributed by atoms with Crippen LogP contribution in [0.3, 0.4) is 0 Å². The van der Waals surface area contributed by atoms with Crippen LogP contribution in [0.25, 0.3) is 11.2 Å². The molecule has 1 aliphatic rings. The van der Waals surface area contributed by atoms with Crippen LogP contribution in [0.1, 0.15) is 0 Å². The van der Waals surface area contributed by atoms with Gasteiger partial charge in [0.1, 0.15) is 18.0 Å². The second-order valence-electron chi connectivity index (χ2n) is 5.25. The maximum Gasteiger partial charge on any atom is 0.412 e. The van der Waals surface area contributed by atoms with Crippen LogP contribution in [-0.2, 0) is 24.9 Å². The fraction of sp³-hybridized carbons (Fsp3) is 0.545. The zero-order valence-corrected chi connectivity index (χ0v) is 13.5. The van der Waals surface area contributed by atoms with Crippen molar-refractivity contribution in [2.45, 2.75) is 18.8 Å². The largest absolute Gasteiger partial charge is 0.412 e. The van der Waals surface area contributed by atoms with E-state index in [9.17, 15) is 17.7 Å². The monoisotopic (exact) mass is 382 g/mol. The van der Waals surface area contributed by atoms with Gasteiger partial charge in [-0.3, -0.25) is 9.09 Å². The van der Waals surface area contributed by atoms with Gasteiger partial charge >= 0.3 is 13.8 Å². The normalized spacial score (nSPS) is 24.7. The summed E-state index contributed by atoms with van der Waals surface area (Å²) in [5, 5.41) is 0. The molecule has 0 aliphatic carbocycles. The number of imidazole rings is 1. The van der Waals surface area contributed by atoms with Crippen LogP contribution in [0.5, 0.6) is 0 Å². The standard InChI is InChI=1S/C11H14F3N6O4P/c12-11(13,14)3-24-25(21)5-22-6(2-23-25)1-20-4-17-7-8(15)18-10(16)19-9(7)20/h4,6H,1-3,5H2,(H4,15,16,18,19)/t6-,25?/m0/s1. The number of fused-ring (bicyclic) bond motifs is 1. The van der Waals surface area contributed by atoms with Gasteiger partial charge in [0.2, 0.25) is 5.95 Å². The molecule has 10 nitrogen and oxygen atoms in total. The fourth-order valence-corrected chi connectivity index (χ4v) is 3.52. The van der Waals surface area contributed by atoms with E-state index in [-0.39, 0.29) is 24.9 Å². The molecule has 0 radical (unpaired) electrons. The number of hydrogen-bond donors (Lipinski definition) is 2. The van der Waals surface area contributed by atoms with Crippen molar-refractivity contribution in [2.75, 3.05) is 31.0 Å². The molecule has 2 aromatic heterocycles. The zero-order chi connectivity index (χ0) is 18.2. The Morgan fingerprint density at radius 3 is 2.80 bits per heavy atom. The third-order valence-electron chi connectivity index (χ3n) is 3.26. The van der Waals surface area contributed by atoms with Crippen molar-refractivity contribution in [2.24, 2.45) is 0 Å². The van der Waals surface area contributed by atoms with Crippen LogP contribution in [0, 0.1) is 0 Å². The molecular formula is C11H14F3N6O4P. The number of nitrogen functional groups attached to an aromatic ring is 2. The van der Waals surface area contributed by atoms with Gasteiger partial charge < -0.3 is 25.3 Å². The molecule has 138 valence electrons. The van der Waals surface area contributed by atoms with E-state index in [0.29, 0.717) is 11.2 Å². The number of ether oxygens (including phenoxy) is 1. The molecule has 25 heavy (non-hydrogen) atoms. The van der Waals surface area contributed by atoms with Gasteiger partial charge in [-0.05, 0) is 0 Å². The Balaban J connectivity index is 1.64. The van der Waals surface area contributed by atoms with Crippen LogP contribution in [0.4, 0.5) is 24.9 Å². The summed E-state index contributed by atoms with van der Waals surface area (Å²) in [6, 6.07) is 0. The molecule has 4 N–H and O–H groups in total. The quantitative estimate of drug-likeness (QED) is 0.745. The van der Waals surface area contributed by atoms with Crippen molar-refractivity contribution in [3.63, 3.8) is 0 Å². The zero-order valence-electron chi connectivity index (χ0n) is 12.6. The molecule has 2 aromatic rings. The van der Waals surface area contributed by atoms with Crippen molar-refractivity contribution in [1.82, 2.24) is 19.5 Å². The van der Waals surface area contributed by atoms with E-state index >= 15 is 0 Å². The number of anilines is 2. The molecule has 0 spiro atoms. The number of nitrogens with two attached hydrogens (primary N) is 2. The molecular weight excluding hydrogens is 368 g/mol. The van der Waals surface area contributed by atoms with Crippen molar-refractivity contribution in [1.29, 1.82) is 0 Å². The molecule has 0 amide bonds. The molecule has 14 heteroatoms. The number of alkyl halides is 3. The molecule has 0 bridgehead atoms. The Morgan fingerprint density at radius 2 is 2.16 bits per heavy atom. The van der Waals surface area contributed by atoms with Gasteiger partial charge in [0.15, 0.2) is 18.1 Å². The van der Waals surface area contributed by atoms with E-state index in [0.717, 1.165) is 0 Å². The average molecular weight is 382 g/mol. The first-order valence-electron chi connectivity index (χ1n) is 6.95. The Morgan fingerprint density at radius 1 is 1.40 bits per heavy atom. The molecule has 1 unspecified atom stereocenters. The highest BCUT2D eigenvalue weighted by molar-refractivity contribution is 7.53. The molecule has 2 atom stereocenters. The van der Waals surface area contributed by atoms with Crippen molar-refractivity contribution in [3.05, 3.63) is 6.33 Å². The highest BCUT2D eigenvalue weighted by Crippen LogP contribution is 2.51. The predicted molar refractivity (Wildman–Crippen MR) is 79.5 cm³/mol. The highest BCUT2D eigenvalue weighted by atomic mass is 31.2. The molecule has 3 heterocycles. The van der Waals surface area contributed by atoms with E-state index in [2.05, 4.69) is 19.5 Å². The van der Waals surface area contributed by atoms with Crippen LogP contribution >= 0.6 is 7.60 Å². The highest BCUT2D eigenvalue weighted by Gasteiger charge is 2.38. The summed E-state index contributed by atoms with van der Waals surface area (Å²) in [6.45, 7) is -1.70. The fourth-order valence-electron chi connectivity index (χ4n) is 2.17. The summed E-state index contributed by atoms with van der Waals surface area (Å²) in [4.78, 5) is 11.9. The minimum absolute atomic E-state index is 0.0300. The minimum atomic E-state index is -4.60. The van der Waals surface area contributed by atoms with Crippen molar-refractivity contribution in [3.8, 4) is 0 Å². The summed E-state index contributed by atoms with van der Waals surface area (Å²) in [5.74, 6) is 0.0877. The molecule has 3 rings (SSSR count). The van der Waals surface area contributed by atoms with Crippen molar-refractivity contribution < 1.29 is 31.5 Å². The Hall–Kier alpha value is -1.95. The summed E-state index contributed by atoms with van der Waals surface area (Å²) < 4.78 is 64.6. The lowest BCUT2D eigenvalue weighted by molar-refractivity contribution is -0.157. The molecule has 0 saturated carbocycles. The number of aromatic nitrogens is 4. The van der Waals surface area contributed by atoms with E-state index in [4.69, 9.17) is 20.7 Å². The van der Waals surface area contributed by atoms with E-state index in [1.54, 1.807) is 4.57 Å². The van der Waals surface area contributed by atoms with Crippen LogP contribution in [0.15, 0.2) is 6.33 Å². The molecule has 1 aliphatic heterocycles. The third-order valence-corrected chi connectivity index (χ3v) is 4.79. The Labute approximate surface area is 138 Å². The van der Waals surface area contributed by atoms with Crippen molar-refractivity contribution >= 4 is 30.5 Å². The topological polar surface area (TPSA) is 140 Å². The number of hydrogen-bond acceptors (Lipinski definition) is 9. The first-order valence-corrected chi connectivity index (χ1v) is 8.68. The average Bonchev–Trinajstić information content (AvgIpc) is 2.91. The predicted octanol–water partition coefficient (Wildman–Crippen LogP) is 1.14. The Kier molecular flexibility index (Phi) is 4.58. The lowest BCUT2D eigenvalue weighted by Gasteiger charge is -2.29. The van der Waals surface area contributed by atoms with Crippen LogP contribution < -0.4 is 11.5 Å². The summed E-state index contributed by atoms with van der Waals surface area (Å²) >= 11 is 0. The van der Waals surface area contributed by atoms with Gasteiger partial charge in [0.05, 0.1) is 19.5 Å². The van der Waals surface area contributed by atoms with E-state index in [1.807, 2.05) is 0 Å². The summed E-state index contributed by atoms with van der Waals surface area (Å²) in [7, 11) is -3.93. The second-order valence-corrected chi connectivity index (χ2v) is 7.25. The molecule has 1 saturated heterocycles. The minimum Gasteiger partial charge on any atom is -0.382 e. The van der Waals surface area contributed by atoms with Gasteiger partial charge in [0.25, 0.3) is 0 Å². The smallest absolute Gasteiger partial charge is 0.382 e.